The van der Waals surface area contributed by atoms with Gasteiger partial charge in [0.05, 0.1) is 16.3 Å². The zero-order valence-electron chi connectivity index (χ0n) is 25.2. The molecule has 1 atom stereocenters. The van der Waals surface area contributed by atoms with Crippen molar-refractivity contribution in [3.8, 4) is 0 Å². The Bertz CT molecular complexity index is 1680. The second kappa shape index (κ2) is 13.1. The van der Waals surface area contributed by atoms with E-state index in [0.717, 1.165) is 18.4 Å². The first-order valence-electron chi connectivity index (χ1n) is 14.8. The summed E-state index contributed by atoms with van der Waals surface area (Å²) in [6, 6.07) is 20.9. The van der Waals surface area contributed by atoms with E-state index in [1.54, 1.807) is 53.2 Å². The number of carbonyl (C=O) groups excluding carboxylic acids is 3. The molecule has 3 aromatic rings. The molecule has 1 fully saturated rings. The maximum atomic E-state index is 13.4. The number of fused-ring (bicyclic) bond motifs is 1. The van der Waals surface area contributed by atoms with Crippen molar-refractivity contribution in [2.45, 2.75) is 37.5 Å². The maximum absolute atomic E-state index is 13.4. The predicted octanol–water partition coefficient (Wildman–Crippen LogP) is 4.27. The van der Waals surface area contributed by atoms with E-state index in [-0.39, 0.29) is 22.6 Å². The molecule has 0 aromatic heterocycles. The van der Waals surface area contributed by atoms with Gasteiger partial charge in [0.25, 0.3) is 5.91 Å². The molecule has 0 aliphatic carbocycles. The summed E-state index contributed by atoms with van der Waals surface area (Å²) in [6.45, 7) is 5.90. The molecule has 1 saturated heterocycles. The van der Waals surface area contributed by atoms with Crippen molar-refractivity contribution in [3.05, 3.63) is 89.5 Å². The van der Waals surface area contributed by atoms with Gasteiger partial charge in [-0.3, -0.25) is 19.4 Å². The van der Waals surface area contributed by atoms with Crippen LogP contribution in [0.15, 0.2) is 82.7 Å². The summed E-state index contributed by atoms with van der Waals surface area (Å²) in [5.41, 5.74) is 3.33. The van der Waals surface area contributed by atoms with Gasteiger partial charge in [-0.25, -0.2) is 12.7 Å². The lowest BCUT2D eigenvalue weighted by atomic mass is 9.90. The Morgan fingerprint density at radius 3 is 2.23 bits per heavy atom. The highest BCUT2D eigenvalue weighted by Gasteiger charge is 2.37. The number of anilines is 1. The predicted molar refractivity (Wildman–Crippen MR) is 170 cm³/mol. The number of nitrogens with zero attached hydrogens (tertiary/aromatic N) is 4. The molecule has 2 aliphatic rings. The molecule has 3 aromatic carbocycles. The lowest BCUT2D eigenvalue weighted by molar-refractivity contribution is -0.130. The smallest absolute Gasteiger partial charge is 0.253 e. The molecule has 10 nitrogen and oxygen atoms in total. The molecule has 44 heavy (non-hydrogen) atoms. The summed E-state index contributed by atoms with van der Waals surface area (Å²) >= 11 is 0. The summed E-state index contributed by atoms with van der Waals surface area (Å²) in [6.07, 6.45) is 1.61. The number of sulfonamides is 1. The third-order valence-electron chi connectivity index (χ3n) is 8.11. The Labute approximate surface area is 258 Å². The number of carbonyl (C=O) groups is 3. The monoisotopic (exact) mass is 615 g/mol. The van der Waals surface area contributed by atoms with Crippen molar-refractivity contribution < 1.29 is 22.8 Å². The standard InChI is InChI=1S/C33H37N5O5S/c1-4-5-17-36(3)44(42,43)27-15-16-29-28(22-27)30(32(40)35-29)31(24-9-7-6-8-10-24)34-26-13-11-25(12-14-26)33(41)38-20-18-37(19-21-38)23(2)39/h6-16,22,30H,4-5,17-21H2,1-3H3,(H,35,40). The van der Waals surface area contributed by atoms with Crippen LogP contribution in [-0.2, 0) is 19.6 Å². The summed E-state index contributed by atoms with van der Waals surface area (Å²) in [4.78, 5) is 46.7. The molecule has 0 radical (unpaired) electrons. The number of benzene rings is 3. The average Bonchev–Trinajstić information content (AvgIpc) is 3.37. The number of piperazine rings is 1. The molecule has 0 bridgehead atoms. The zero-order valence-corrected chi connectivity index (χ0v) is 26.0. The van der Waals surface area contributed by atoms with Gasteiger partial charge >= 0.3 is 0 Å². The fourth-order valence-electron chi connectivity index (χ4n) is 5.48. The van der Waals surface area contributed by atoms with Crippen LogP contribution >= 0.6 is 0 Å². The van der Waals surface area contributed by atoms with Crippen LogP contribution in [0.1, 0.15) is 54.1 Å². The Balaban J connectivity index is 1.46. The van der Waals surface area contributed by atoms with Gasteiger partial charge in [0, 0.05) is 57.9 Å². The second-order valence-electron chi connectivity index (χ2n) is 11.1. The first-order chi connectivity index (χ1) is 21.1. The number of amides is 3. The lowest BCUT2D eigenvalue weighted by Gasteiger charge is -2.34. The number of unbranched alkanes of at least 4 members (excludes halogenated alkanes) is 1. The molecule has 2 aliphatic heterocycles. The molecule has 11 heteroatoms. The third kappa shape index (κ3) is 6.44. The van der Waals surface area contributed by atoms with Crippen molar-refractivity contribution in [1.29, 1.82) is 0 Å². The van der Waals surface area contributed by atoms with Gasteiger partial charge in [-0.05, 0) is 60.0 Å². The van der Waals surface area contributed by atoms with Crippen molar-refractivity contribution in [1.82, 2.24) is 14.1 Å². The van der Waals surface area contributed by atoms with E-state index in [4.69, 9.17) is 4.99 Å². The van der Waals surface area contributed by atoms with Gasteiger partial charge in [0.15, 0.2) is 0 Å². The summed E-state index contributed by atoms with van der Waals surface area (Å²) in [5, 5.41) is 2.89. The van der Waals surface area contributed by atoms with E-state index in [0.29, 0.717) is 60.9 Å². The van der Waals surface area contributed by atoms with Gasteiger partial charge < -0.3 is 15.1 Å². The summed E-state index contributed by atoms with van der Waals surface area (Å²) in [7, 11) is -2.19. The van der Waals surface area contributed by atoms with Crippen LogP contribution in [0, 0.1) is 0 Å². The second-order valence-corrected chi connectivity index (χ2v) is 13.1. The number of aliphatic imine (C=N–C) groups is 1. The maximum Gasteiger partial charge on any atom is 0.253 e. The van der Waals surface area contributed by atoms with Gasteiger partial charge in [-0.2, -0.15) is 0 Å². The van der Waals surface area contributed by atoms with E-state index in [2.05, 4.69) is 5.32 Å². The Hall–Kier alpha value is -4.35. The fraction of sp³-hybridized carbons (Fsp3) is 0.333. The minimum Gasteiger partial charge on any atom is -0.339 e. The minimum absolute atomic E-state index is 0.00394. The van der Waals surface area contributed by atoms with Crippen LogP contribution in [0.4, 0.5) is 11.4 Å². The van der Waals surface area contributed by atoms with Crippen LogP contribution in [0.2, 0.25) is 0 Å². The van der Waals surface area contributed by atoms with Crippen molar-refractivity contribution in [3.63, 3.8) is 0 Å². The summed E-state index contributed by atoms with van der Waals surface area (Å²) in [5.74, 6) is -1.26. The quantitative estimate of drug-likeness (QED) is 0.361. The van der Waals surface area contributed by atoms with E-state index in [9.17, 15) is 22.8 Å². The lowest BCUT2D eigenvalue weighted by Crippen LogP contribution is -2.50. The van der Waals surface area contributed by atoms with E-state index in [1.807, 2.05) is 37.3 Å². The summed E-state index contributed by atoms with van der Waals surface area (Å²) < 4.78 is 28.0. The third-order valence-corrected chi connectivity index (χ3v) is 9.96. The van der Waals surface area contributed by atoms with E-state index in [1.165, 1.54) is 17.3 Å². The zero-order chi connectivity index (χ0) is 31.4. The molecule has 3 amide bonds. The Morgan fingerprint density at radius 1 is 0.932 bits per heavy atom. The topological polar surface area (TPSA) is 119 Å². The van der Waals surface area contributed by atoms with Crippen LogP contribution in [0.5, 0.6) is 0 Å². The molecule has 0 spiro atoms. The number of nitrogens with one attached hydrogen (secondary N) is 1. The number of hydrogen-bond acceptors (Lipinski definition) is 6. The van der Waals surface area contributed by atoms with Gasteiger partial charge in [-0.1, -0.05) is 43.7 Å². The highest BCUT2D eigenvalue weighted by Crippen LogP contribution is 2.38. The van der Waals surface area contributed by atoms with E-state index < -0.39 is 15.9 Å². The Kier molecular flexibility index (Phi) is 9.26. The number of hydrogen-bond donors (Lipinski definition) is 1. The fourth-order valence-corrected chi connectivity index (χ4v) is 6.73. The minimum atomic E-state index is -3.75. The van der Waals surface area contributed by atoms with E-state index >= 15 is 0 Å². The molecule has 1 N–H and O–H groups in total. The van der Waals surface area contributed by atoms with Gasteiger partial charge in [-0.15, -0.1) is 0 Å². The van der Waals surface area contributed by atoms with Crippen LogP contribution in [0.3, 0.4) is 0 Å². The number of rotatable bonds is 9. The molecular formula is C33H37N5O5S. The van der Waals surface area contributed by atoms with Crippen LogP contribution in [-0.4, -0.2) is 85.7 Å². The van der Waals surface area contributed by atoms with Gasteiger partial charge in [0.2, 0.25) is 21.8 Å². The van der Waals surface area contributed by atoms with Crippen molar-refractivity contribution in [2.75, 3.05) is 45.1 Å². The van der Waals surface area contributed by atoms with Crippen LogP contribution in [0.25, 0.3) is 0 Å². The highest BCUT2D eigenvalue weighted by atomic mass is 32.2. The first-order valence-corrected chi connectivity index (χ1v) is 16.2. The normalized spacial score (nSPS) is 17.0. The molecular weight excluding hydrogens is 578 g/mol. The average molecular weight is 616 g/mol. The molecule has 2 heterocycles. The largest absolute Gasteiger partial charge is 0.339 e. The van der Waals surface area contributed by atoms with Gasteiger partial charge in [0.1, 0.15) is 5.92 Å². The molecule has 230 valence electrons. The SMILES string of the molecule is CCCCN(C)S(=O)(=O)c1ccc2c(c1)C(C(=Nc1ccc(C(=O)N3CCN(C(C)=O)CC3)cc1)c1ccccc1)C(=O)N2. The van der Waals surface area contributed by atoms with Crippen molar-refractivity contribution >= 4 is 44.8 Å². The van der Waals surface area contributed by atoms with Crippen LogP contribution < -0.4 is 5.32 Å². The molecule has 5 rings (SSSR count). The van der Waals surface area contributed by atoms with Crippen molar-refractivity contribution in [2.24, 2.45) is 4.99 Å². The first kappa shape index (κ1) is 31.1. The highest BCUT2D eigenvalue weighted by molar-refractivity contribution is 7.89. The molecule has 0 saturated carbocycles. The molecule has 1 unspecified atom stereocenters. The Morgan fingerprint density at radius 2 is 1.59 bits per heavy atom.